The van der Waals surface area contributed by atoms with Crippen LogP contribution < -0.4 is 5.32 Å². The molecule has 0 saturated heterocycles. The molecule has 0 saturated carbocycles. The molecule has 162 valence electrons. The lowest BCUT2D eigenvalue weighted by atomic mass is 10.0. The molecule has 1 unspecified atom stereocenters. The first-order valence-electron chi connectivity index (χ1n) is 11.2. The number of hydrogen-bond donors (Lipinski definition) is 1. The lowest BCUT2D eigenvalue weighted by molar-refractivity contribution is -0.140. The van der Waals surface area contributed by atoms with E-state index in [4.69, 9.17) is 0 Å². The number of nitrogens with zero attached hydrogens (tertiary/aromatic N) is 1. The van der Waals surface area contributed by atoms with Gasteiger partial charge in [0, 0.05) is 19.5 Å². The Morgan fingerprint density at radius 1 is 0.935 bits per heavy atom. The fourth-order valence-electron chi connectivity index (χ4n) is 3.79. The molecular formula is C27H32N2O2. The number of fused-ring (bicyclic) bond motifs is 1. The normalized spacial score (nSPS) is 11.8. The van der Waals surface area contributed by atoms with E-state index in [0.717, 1.165) is 24.0 Å². The molecule has 0 aliphatic carbocycles. The molecule has 4 nitrogen and oxygen atoms in total. The summed E-state index contributed by atoms with van der Waals surface area (Å²) >= 11 is 0. The molecule has 31 heavy (non-hydrogen) atoms. The molecule has 0 bridgehead atoms. The molecule has 0 aliphatic heterocycles. The molecule has 3 aromatic rings. The summed E-state index contributed by atoms with van der Waals surface area (Å²) < 4.78 is 0. The number of amides is 2. The summed E-state index contributed by atoms with van der Waals surface area (Å²) in [6.07, 6.45) is 2.97. The zero-order valence-electron chi connectivity index (χ0n) is 18.5. The Bertz CT molecular complexity index is 995. The van der Waals surface area contributed by atoms with Gasteiger partial charge in [0.2, 0.25) is 11.8 Å². The Labute approximate surface area is 185 Å². The molecule has 1 N–H and O–H groups in total. The van der Waals surface area contributed by atoms with Crippen molar-refractivity contribution in [2.24, 2.45) is 0 Å². The van der Waals surface area contributed by atoms with Crippen molar-refractivity contribution in [2.75, 3.05) is 6.54 Å². The average Bonchev–Trinajstić information content (AvgIpc) is 2.81. The van der Waals surface area contributed by atoms with Crippen LogP contribution in [0.25, 0.3) is 10.8 Å². The lowest BCUT2D eigenvalue weighted by Crippen LogP contribution is -2.47. The van der Waals surface area contributed by atoms with E-state index in [9.17, 15) is 9.59 Å². The van der Waals surface area contributed by atoms with Crippen LogP contribution in [0.1, 0.15) is 44.2 Å². The van der Waals surface area contributed by atoms with Crippen LogP contribution in [-0.2, 0) is 22.6 Å². The number of benzene rings is 3. The average molecular weight is 417 g/mol. The van der Waals surface area contributed by atoms with E-state index in [1.807, 2.05) is 55.5 Å². The van der Waals surface area contributed by atoms with Crippen LogP contribution in [0.4, 0.5) is 0 Å². The highest BCUT2D eigenvalue weighted by Gasteiger charge is 2.25. The largest absolute Gasteiger partial charge is 0.354 e. The van der Waals surface area contributed by atoms with Crippen LogP contribution in [0.3, 0.4) is 0 Å². The number of hydrogen-bond acceptors (Lipinski definition) is 2. The summed E-state index contributed by atoms with van der Waals surface area (Å²) in [6.45, 7) is 4.98. The van der Waals surface area contributed by atoms with E-state index in [2.05, 4.69) is 36.5 Å². The van der Waals surface area contributed by atoms with E-state index < -0.39 is 6.04 Å². The maximum atomic E-state index is 13.3. The summed E-state index contributed by atoms with van der Waals surface area (Å²) in [5.74, 6) is -0.0992. The first-order chi connectivity index (χ1) is 15.1. The topological polar surface area (TPSA) is 49.4 Å². The fraction of sp³-hybridized carbons (Fsp3) is 0.333. The Kier molecular flexibility index (Phi) is 8.22. The van der Waals surface area contributed by atoms with Gasteiger partial charge in [-0.15, -0.1) is 0 Å². The molecule has 0 fully saturated rings. The van der Waals surface area contributed by atoms with Crippen molar-refractivity contribution in [3.8, 4) is 0 Å². The molecule has 3 aromatic carbocycles. The minimum atomic E-state index is -0.517. The van der Waals surface area contributed by atoms with Gasteiger partial charge in [-0.05, 0) is 41.7 Å². The van der Waals surface area contributed by atoms with E-state index in [1.54, 1.807) is 4.90 Å². The van der Waals surface area contributed by atoms with Crippen molar-refractivity contribution in [1.82, 2.24) is 10.2 Å². The highest BCUT2D eigenvalue weighted by Crippen LogP contribution is 2.21. The van der Waals surface area contributed by atoms with Gasteiger partial charge in [-0.2, -0.15) is 0 Å². The van der Waals surface area contributed by atoms with Gasteiger partial charge in [-0.1, -0.05) is 86.1 Å². The Balaban J connectivity index is 1.74. The number of aryl methyl sites for hydroxylation is 1. The van der Waals surface area contributed by atoms with Gasteiger partial charge in [0.15, 0.2) is 0 Å². The van der Waals surface area contributed by atoms with Gasteiger partial charge in [-0.25, -0.2) is 0 Å². The minimum absolute atomic E-state index is 0.00470. The lowest BCUT2D eigenvalue weighted by Gasteiger charge is -2.29. The van der Waals surface area contributed by atoms with E-state index in [-0.39, 0.29) is 11.8 Å². The van der Waals surface area contributed by atoms with E-state index >= 15 is 0 Å². The molecule has 0 aliphatic rings. The van der Waals surface area contributed by atoms with Gasteiger partial charge in [0.1, 0.15) is 6.04 Å². The molecule has 3 rings (SSSR count). The molecule has 0 radical (unpaired) electrons. The Hall–Kier alpha value is -3.14. The molecular weight excluding hydrogens is 384 g/mol. The molecule has 0 aromatic heterocycles. The SMILES string of the molecule is CCCCNC(=O)C(C)N(Cc1ccccc1)C(=O)CCc1cccc2ccccc12. The second kappa shape index (κ2) is 11.3. The van der Waals surface area contributed by atoms with Gasteiger partial charge in [0.05, 0.1) is 0 Å². The van der Waals surface area contributed by atoms with Crippen molar-refractivity contribution in [2.45, 2.75) is 52.1 Å². The maximum absolute atomic E-state index is 13.3. The Morgan fingerprint density at radius 3 is 2.42 bits per heavy atom. The highest BCUT2D eigenvalue weighted by atomic mass is 16.2. The van der Waals surface area contributed by atoms with Gasteiger partial charge in [0.25, 0.3) is 0 Å². The second-order valence-electron chi connectivity index (χ2n) is 7.97. The minimum Gasteiger partial charge on any atom is -0.354 e. The van der Waals surface area contributed by atoms with Crippen molar-refractivity contribution >= 4 is 22.6 Å². The van der Waals surface area contributed by atoms with Crippen molar-refractivity contribution in [3.63, 3.8) is 0 Å². The first-order valence-corrected chi connectivity index (χ1v) is 11.2. The monoisotopic (exact) mass is 416 g/mol. The third-order valence-electron chi connectivity index (χ3n) is 5.68. The number of rotatable bonds is 10. The number of nitrogens with one attached hydrogen (secondary N) is 1. The summed E-state index contributed by atoms with van der Waals surface area (Å²) in [7, 11) is 0. The van der Waals surface area contributed by atoms with Crippen molar-refractivity contribution in [3.05, 3.63) is 83.9 Å². The molecule has 0 spiro atoms. The molecule has 4 heteroatoms. The summed E-state index contributed by atoms with van der Waals surface area (Å²) in [5, 5.41) is 5.33. The first kappa shape index (κ1) is 22.5. The standard InChI is InChI=1S/C27H32N2O2/c1-3-4-19-28-27(31)21(2)29(20-22-11-6-5-7-12-22)26(30)18-17-24-15-10-14-23-13-8-9-16-25(23)24/h5-16,21H,3-4,17-20H2,1-2H3,(H,28,31). The predicted molar refractivity (Wildman–Crippen MR) is 127 cm³/mol. The third-order valence-corrected chi connectivity index (χ3v) is 5.68. The van der Waals surface area contributed by atoms with Crippen LogP contribution in [0.15, 0.2) is 72.8 Å². The summed E-state index contributed by atoms with van der Waals surface area (Å²) in [5.41, 5.74) is 2.18. The summed E-state index contributed by atoms with van der Waals surface area (Å²) in [4.78, 5) is 27.7. The number of carbonyl (C=O) groups is 2. The van der Waals surface area contributed by atoms with E-state index in [0.29, 0.717) is 25.9 Å². The quantitative estimate of drug-likeness (QED) is 0.467. The Morgan fingerprint density at radius 2 is 1.65 bits per heavy atom. The smallest absolute Gasteiger partial charge is 0.242 e. The zero-order chi connectivity index (χ0) is 22.1. The fourth-order valence-corrected chi connectivity index (χ4v) is 3.79. The zero-order valence-corrected chi connectivity index (χ0v) is 18.5. The molecule has 2 amide bonds. The van der Waals surface area contributed by atoms with Gasteiger partial charge < -0.3 is 10.2 Å². The highest BCUT2D eigenvalue weighted by molar-refractivity contribution is 5.88. The third kappa shape index (κ3) is 6.17. The van der Waals surface area contributed by atoms with Gasteiger partial charge >= 0.3 is 0 Å². The van der Waals surface area contributed by atoms with Crippen LogP contribution in [0.2, 0.25) is 0 Å². The molecule has 0 heterocycles. The second-order valence-corrected chi connectivity index (χ2v) is 7.97. The molecule has 1 atom stereocenters. The van der Waals surface area contributed by atoms with Crippen molar-refractivity contribution in [1.29, 1.82) is 0 Å². The van der Waals surface area contributed by atoms with Crippen molar-refractivity contribution < 1.29 is 9.59 Å². The maximum Gasteiger partial charge on any atom is 0.242 e. The van der Waals surface area contributed by atoms with E-state index in [1.165, 1.54) is 10.8 Å². The van der Waals surface area contributed by atoms with Crippen LogP contribution >= 0.6 is 0 Å². The van der Waals surface area contributed by atoms with Crippen LogP contribution in [0.5, 0.6) is 0 Å². The number of carbonyl (C=O) groups excluding carboxylic acids is 2. The van der Waals surface area contributed by atoms with Gasteiger partial charge in [-0.3, -0.25) is 9.59 Å². The number of unbranched alkanes of at least 4 members (excludes halogenated alkanes) is 1. The van der Waals surface area contributed by atoms with Crippen LogP contribution in [0, 0.1) is 0 Å². The van der Waals surface area contributed by atoms with Crippen LogP contribution in [-0.4, -0.2) is 29.3 Å². The predicted octanol–water partition coefficient (Wildman–Crippen LogP) is 5.11. The summed E-state index contributed by atoms with van der Waals surface area (Å²) in [6, 6.07) is 23.8.